The van der Waals surface area contributed by atoms with Crippen LogP contribution in [0.1, 0.15) is 21.5 Å². The van der Waals surface area contributed by atoms with Crippen molar-refractivity contribution in [1.82, 2.24) is 4.90 Å². The lowest BCUT2D eigenvalue weighted by molar-refractivity contribution is -0.384. The summed E-state index contributed by atoms with van der Waals surface area (Å²) in [6.45, 7) is 6.28. The zero-order valence-electron chi connectivity index (χ0n) is 16.5. The van der Waals surface area contributed by atoms with Crippen LogP contribution in [0.3, 0.4) is 0 Å². The molecule has 1 fully saturated rings. The third kappa shape index (κ3) is 4.71. The van der Waals surface area contributed by atoms with Gasteiger partial charge in [-0.05, 0) is 37.1 Å². The molecule has 152 valence electrons. The normalized spacial score (nSPS) is 13.9. The number of rotatable bonds is 5. The molecule has 0 aromatic heterocycles. The lowest BCUT2D eigenvalue weighted by atomic mass is 10.1. The SMILES string of the molecule is Cc1cccc(N2CCN(C(=O)COC(=O)c3cccc([N+](=O)[O-])c3)CC2)c1C. The number of amides is 1. The first kappa shape index (κ1) is 20.3. The summed E-state index contributed by atoms with van der Waals surface area (Å²) in [6, 6.07) is 11.4. The van der Waals surface area contributed by atoms with Crippen molar-refractivity contribution in [3.8, 4) is 0 Å². The van der Waals surface area contributed by atoms with E-state index in [1.54, 1.807) is 4.90 Å². The highest BCUT2D eigenvalue weighted by Gasteiger charge is 2.23. The monoisotopic (exact) mass is 397 g/mol. The van der Waals surface area contributed by atoms with Gasteiger partial charge < -0.3 is 14.5 Å². The summed E-state index contributed by atoms with van der Waals surface area (Å²) in [5, 5.41) is 10.8. The number of aryl methyl sites for hydroxylation is 1. The Morgan fingerprint density at radius 1 is 1.07 bits per heavy atom. The molecule has 1 aliphatic heterocycles. The molecule has 1 saturated heterocycles. The van der Waals surface area contributed by atoms with Crippen LogP contribution < -0.4 is 4.90 Å². The number of esters is 1. The Morgan fingerprint density at radius 2 is 1.76 bits per heavy atom. The highest BCUT2D eigenvalue weighted by atomic mass is 16.6. The van der Waals surface area contributed by atoms with Crippen LogP contribution in [0.2, 0.25) is 0 Å². The fraction of sp³-hybridized carbons (Fsp3) is 0.333. The van der Waals surface area contributed by atoms with Crippen LogP contribution in [0, 0.1) is 24.0 Å². The van der Waals surface area contributed by atoms with Crippen LogP contribution >= 0.6 is 0 Å². The van der Waals surface area contributed by atoms with E-state index in [9.17, 15) is 19.7 Å². The van der Waals surface area contributed by atoms with E-state index < -0.39 is 10.9 Å². The second kappa shape index (κ2) is 8.72. The minimum absolute atomic E-state index is 0.0479. The van der Waals surface area contributed by atoms with E-state index in [4.69, 9.17) is 4.74 Å². The molecule has 0 aliphatic carbocycles. The molecule has 8 nitrogen and oxygen atoms in total. The van der Waals surface area contributed by atoms with E-state index in [0.717, 1.165) is 6.07 Å². The van der Waals surface area contributed by atoms with Crippen molar-refractivity contribution in [1.29, 1.82) is 0 Å². The first-order chi connectivity index (χ1) is 13.9. The van der Waals surface area contributed by atoms with Crippen molar-refractivity contribution in [2.24, 2.45) is 0 Å². The number of piperazine rings is 1. The van der Waals surface area contributed by atoms with Crippen molar-refractivity contribution in [3.05, 3.63) is 69.3 Å². The third-order valence-corrected chi connectivity index (χ3v) is 5.17. The Morgan fingerprint density at radius 3 is 2.45 bits per heavy atom. The van der Waals surface area contributed by atoms with E-state index in [1.807, 2.05) is 6.07 Å². The van der Waals surface area contributed by atoms with Crippen LogP contribution in [0.5, 0.6) is 0 Å². The van der Waals surface area contributed by atoms with Crippen molar-refractivity contribution in [2.75, 3.05) is 37.7 Å². The molecule has 1 aliphatic rings. The van der Waals surface area contributed by atoms with Crippen LogP contribution in [0.4, 0.5) is 11.4 Å². The number of hydrogen-bond acceptors (Lipinski definition) is 6. The summed E-state index contributed by atoms with van der Waals surface area (Å²) in [4.78, 5) is 38.6. The Hall–Kier alpha value is -3.42. The topological polar surface area (TPSA) is 93.0 Å². The predicted octanol–water partition coefficient (Wildman–Crippen LogP) is 2.72. The highest BCUT2D eigenvalue weighted by Crippen LogP contribution is 2.24. The highest BCUT2D eigenvalue weighted by molar-refractivity contribution is 5.92. The molecule has 0 spiro atoms. The molecular formula is C21H23N3O5. The minimum Gasteiger partial charge on any atom is -0.452 e. The van der Waals surface area contributed by atoms with Gasteiger partial charge in [0.25, 0.3) is 11.6 Å². The Balaban J connectivity index is 1.52. The number of nitrogens with zero attached hydrogens (tertiary/aromatic N) is 3. The van der Waals surface area contributed by atoms with Gasteiger partial charge in [-0.1, -0.05) is 18.2 Å². The molecule has 29 heavy (non-hydrogen) atoms. The fourth-order valence-corrected chi connectivity index (χ4v) is 3.32. The number of carbonyl (C=O) groups excluding carboxylic acids is 2. The second-order valence-corrected chi connectivity index (χ2v) is 6.97. The lowest BCUT2D eigenvalue weighted by Gasteiger charge is -2.37. The van der Waals surface area contributed by atoms with E-state index in [0.29, 0.717) is 26.2 Å². The molecule has 0 saturated carbocycles. The molecule has 0 radical (unpaired) electrons. The number of hydrogen-bond donors (Lipinski definition) is 0. The van der Waals surface area contributed by atoms with Crippen LogP contribution in [0.25, 0.3) is 0 Å². The molecule has 8 heteroatoms. The van der Waals surface area contributed by atoms with Gasteiger partial charge in [0, 0.05) is 44.0 Å². The second-order valence-electron chi connectivity index (χ2n) is 6.97. The number of benzene rings is 2. The lowest BCUT2D eigenvalue weighted by Crippen LogP contribution is -2.50. The maximum atomic E-state index is 12.4. The van der Waals surface area contributed by atoms with Gasteiger partial charge in [-0.15, -0.1) is 0 Å². The van der Waals surface area contributed by atoms with Gasteiger partial charge in [-0.2, -0.15) is 0 Å². The fourth-order valence-electron chi connectivity index (χ4n) is 3.32. The van der Waals surface area contributed by atoms with Gasteiger partial charge in [-0.3, -0.25) is 14.9 Å². The average Bonchev–Trinajstić information content (AvgIpc) is 2.74. The maximum Gasteiger partial charge on any atom is 0.338 e. The standard InChI is InChI=1S/C21H23N3O5/c1-15-5-3-8-19(16(15)2)22-9-11-23(12-10-22)20(25)14-29-21(26)17-6-4-7-18(13-17)24(27)28/h3-8,13H,9-12,14H2,1-2H3. The number of non-ortho nitro benzene ring substituents is 1. The van der Waals surface area contributed by atoms with Gasteiger partial charge in [0.2, 0.25) is 0 Å². The van der Waals surface area contributed by atoms with Crippen LogP contribution in [0.15, 0.2) is 42.5 Å². The van der Waals surface area contributed by atoms with Crippen molar-refractivity contribution >= 4 is 23.3 Å². The zero-order valence-corrected chi connectivity index (χ0v) is 16.5. The number of anilines is 1. The number of nitro benzene ring substituents is 1. The van der Waals surface area contributed by atoms with Crippen molar-refractivity contribution in [3.63, 3.8) is 0 Å². The third-order valence-electron chi connectivity index (χ3n) is 5.17. The molecule has 2 aromatic rings. The first-order valence-corrected chi connectivity index (χ1v) is 9.37. The van der Waals surface area contributed by atoms with E-state index in [2.05, 4.69) is 30.9 Å². The summed E-state index contributed by atoms with van der Waals surface area (Å²) in [5.41, 5.74) is 3.49. The van der Waals surface area contributed by atoms with Crippen molar-refractivity contribution < 1.29 is 19.2 Å². The van der Waals surface area contributed by atoms with Gasteiger partial charge >= 0.3 is 5.97 Å². The summed E-state index contributed by atoms with van der Waals surface area (Å²) in [7, 11) is 0. The molecule has 1 heterocycles. The first-order valence-electron chi connectivity index (χ1n) is 9.37. The maximum absolute atomic E-state index is 12.4. The largest absolute Gasteiger partial charge is 0.452 e. The van der Waals surface area contributed by atoms with Gasteiger partial charge in [0.05, 0.1) is 10.5 Å². The smallest absolute Gasteiger partial charge is 0.338 e. The molecule has 2 aromatic carbocycles. The Bertz CT molecular complexity index is 936. The number of carbonyl (C=O) groups is 2. The van der Waals surface area contributed by atoms with Gasteiger partial charge in [-0.25, -0.2) is 4.79 Å². The van der Waals surface area contributed by atoms with Gasteiger partial charge in [0.1, 0.15) is 0 Å². The Kier molecular flexibility index (Phi) is 6.11. The van der Waals surface area contributed by atoms with Crippen LogP contribution in [-0.2, 0) is 9.53 Å². The van der Waals surface area contributed by atoms with E-state index in [-0.39, 0.29) is 23.8 Å². The summed E-state index contributed by atoms with van der Waals surface area (Å²) >= 11 is 0. The molecule has 1 amide bonds. The summed E-state index contributed by atoms with van der Waals surface area (Å²) in [5.74, 6) is -1.03. The minimum atomic E-state index is -0.754. The summed E-state index contributed by atoms with van der Waals surface area (Å²) < 4.78 is 5.06. The molecule has 0 atom stereocenters. The quantitative estimate of drug-likeness (QED) is 0.438. The molecule has 0 N–H and O–H groups in total. The number of ether oxygens (including phenoxy) is 1. The number of nitro groups is 1. The molecular weight excluding hydrogens is 374 g/mol. The zero-order chi connectivity index (χ0) is 21.0. The van der Waals surface area contributed by atoms with E-state index >= 15 is 0 Å². The average molecular weight is 397 g/mol. The molecule has 0 bridgehead atoms. The summed E-state index contributed by atoms with van der Waals surface area (Å²) in [6.07, 6.45) is 0. The molecule has 0 unspecified atom stereocenters. The predicted molar refractivity (Wildman–Crippen MR) is 108 cm³/mol. The van der Waals surface area contributed by atoms with E-state index in [1.165, 1.54) is 35.0 Å². The van der Waals surface area contributed by atoms with Crippen molar-refractivity contribution in [2.45, 2.75) is 13.8 Å². The van der Waals surface area contributed by atoms with Gasteiger partial charge in [0.15, 0.2) is 6.61 Å². The Labute approximate surface area is 168 Å². The van der Waals surface area contributed by atoms with Crippen LogP contribution in [-0.4, -0.2) is 54.5 Å². The molecule has 3 rings (SSSR count).